The summed E-state index contributed by atoms with van der Waals surface area (Å²) in [5.74, 6) is -3.26. The largest absolute Gasteiger partial charge is 0.347 e. The van der Waals surface area contributed by atoms with E-state index in [1.54, 1.807) is 0 Å². The molecule has 0 aromatic rings. The molecule has 10 nitrogen and oxygen atoms in total. The van der Waals surface area contributed by atoms with Crippen LogP contribution in [0.1, 0.15) is 27.7 Å². The molecule has 0 heterocycles. The van der Waals surface area contributed by atoms with Crippen LogP contribution in [0.25, 0.3) is 0 Å². The molecular weight excluding hydrogens is 315 g/mol. The van der Waals surface area contributed by atoms with Crippen LogP contribution in [-0.4, -0.2) is 51.4 Å². The van der Waals surface area contributed by atoms with Gasteiger partial charge in [0.2, 0.25) is 17.7 Å². The second-order valence-corrected chi connectivity index (χ2v) is 6.98. The molecule has 11 heteroatoms. The molecule has 22 heavy (non-hydrogen) atoms. The maximum Gasteiger partial charge on any atom is 0.347 e. The summed E-state index contributed by atoms with van der Waals surface area (Å²) in [5.41, 5.74) is 5.35. The Kier molecular flexibility index (Phi) is 7.68. The first kappa shape index (κ1) is 20.5. The topological polar surface area (TPSA) is 171 Å². The van der Waals surface area contributed by atoms with Crippen molar-refractivity contribution in [3.05, 3.63) is 0 Å². The van der Waals surface area contributed by atoms with Gasteiger partial charge in [-0.1, -0.05) is 0 Å². The molecular formula is C11H23N4O6P. The number of hydrogen-bond donors (Lipinski definition) is 6. The monoisotopic (exact) mass is 338 g/mol. The second-order valence-electron chi connectivity index (χ2n) is 5.02. The third-order valence-corrected chi connectivity index (χ3v) is 3.91. The van der Waals surface area contributed by atoms with Crippen molar-refractivity contribution in [2.75, 3.05) is 0 Å². The van der Waals surface area contributed by atoms with Gasteiger partial charge >= 0.3 is 7.60 Å². The minimum atomic E-state index is -4.45. The zero-order valence-electron chi connectivity index (χ0n) is 12.9. The van der Waals surface area contributed by atoms with Crippen molar-refractivity contribution in [3.63, 3.8) is 0 Å². The van der Waals surface area contributed by atoms with E-state index in [2.05, 4.69) is 16.0 Å². The van der Waals surface area contributed by atoms with Gasteiger partial charge in [0.1, 0.15) is 17.9 Å². The van der Waals surface area contributed by atoms with Crippen LogP contribution in [0.3, 0.4) is 0 Å². The third-order valence-electron chi connectivity index (χ3n) is 2.77. The fourth-order valence-electron chi connectivity index (χ4n) is 1.23. The number of carbonyl (C=O) groups excluding carboxylic acids is 3. The predicted molar refractivity (Wildman–Crippen MR) is 78.5 cm³/mol. The number of nitrogens with two attached hydrogens (primary N) is 1. The zero-order valence-corrected chi connectivity index (χ0v) is 13.8. The van der Waals surface area contributed by atoms with Gasteiger partial charge < -0.3 is 31.5 Å². The van der Waals surface area contributed by atoms with Crippen LogP contribution in [0, 0.1) is 0 Å². The van der Waals surface area contributed by atoms with E-state index in [0.29, 0.717) is 0 Å². The van der Waals surface area contributed by atoms with Gasteiger partial charge in [0.25, 0.3) is 0 Å². The van der Waals surface area contributed by atoms with E-state index in [9.17, 15) is 18.9 Å². The van der Waals surface area contributed by atoms with Crippen molar-refractivity contribution >= 4 is 25.3 Å². The third kappa shape index (κ3) is 6.99. The summed E-state index contributed by atoms with van der Waals surface area (Å²) in [6.45, 7) is 5.37. The number of nitrogens with one attached hydrogen (secondary N) is 3. The quantitative estimate of drug-likeness (QED) is 0.291. The molecule has 0 spiro atoms. The van der Waals surface area contributed by atoms with Gasteiger partial charge in [-0.25, -0.2) is 0 Å². The smallest absolute Gasteiger partial charge is 0.343 e. The molecule has 7 N–H and O–H groups in total. The fraction of sp³-hybridized carbons (Fsp3) is 0.727. The highest BCUT2D eigenvalue weighted by Crippen LogP contribution is 2.38. The lowest BCUT2D eigenvalue weighted by molar-refractivity contribution is -0.131. The lowest BCUT2D eigenvalue weighted by Crippen LogP contribution is -2.54. The average molecular weight is 338 g/mol. The molecule has 0 aliphatic rings. The van der Waals surface area contributed by atoms with Crippen LogP contribution >= 0.6 is 7.60 Å². The van der Waals surface area contributed by atoms with Crippen LogP contribution in [0.15, 0.2) is 0 Å². The molecule has 4 atom stereocenters. The summed E-state index contributed by atoms with van der Waals surface area (Å²) in [7, 11) is -4.45. The van der Waals surface area contributed by atoms with Gasteiger partial charge in [0.15, 0.2) is 0 Å². The van der Waals surface area contributed by atoms with E-state index in [1.807, 2.05) is 0 Å². The molecule has 3 amide bonds. The maximum absolute atomic E-state index is 11.8. The summed E-state index contributed by atoms with van der Waals surface area (Å²) in [4.78, 5) is 52.6. The first-order valence-electron chi connectivity index (χ1n) is 6.58. The molecule has 0 radical (unpaired) electrons. The summed E-state index contributed by atoms with van der Waals surface area (Å²) in [5, 5.41) is 6.78. The molecule has 0 fully saturated rings. The first-order valence-corrected chi connectivity index (χ1v) is 8.26. The molecule has 0 aromatic carbocycles. The Morgan fingerprint density at radius 3 is 1.59 bits per heavy atom. The van der Waals surface area contributed by atoms with Crippen molar-refractivity contribution < 1.29 is 28.7 Å². The van der Waals surface area contributed by atoms with E-state index in [0.717, 1.165) is 6.92 Å². The van der Waals surface area contributed by atoms with Crippen LogP contribution in [0.4, 0.5) is 0 Å². The van der Waals surface area contributed by atoms with E-state index in [1.165, 1.54) is 20.8 Å². The van der Waals surface area contributed by atoms with Gasteiger partial charge in [-0.2, -0.15) is 0 Å². The van der Waals surface area contributed by atoms with Crippen LogP contribution < -0.4 is 21.7 Å². The number of hydrogen-bond acceptors (Lipinski definition) is 5. The summed E-state index contributed by atoms with van der Waals surface area (Å²) < 4.78 is 10.9. The lowest BCUT2D eigenvalue weighted by atomic mass is 10.2. The van der Waals surface area contributed by atoms with Crippen LogP contribution in [0.5, 0.6) is 0 Å². The van der Waals surface area contributed by atoms with Crippen molar-refractivity contribution in [2.45, 2.75) is 51.6 Å². The Bertz CT molecular complexity index is 477. The van der Waals surface area contributed by atoms with Gasteiger partial charge in [-0.3, -0.25) is 18.9 Å². The van der Waals surface area contributed by atoms with Crippen molar-refractivity contribution in [1.82, 2.24) is 16.0 Å². The number of carbonyl (C=O) groups is 3. The van der Waals surface area contributed by atoms with Gasteiger partial charge in [-0.15, -0.1) is 0 Å². The summed E-state index contributed by atoms with van der Waals surface area (Å²) >= 11 is 0. The zero-order chi connectivity index (χ0) is 17.7. The Balaban J connectivity index is 4.49. The Labute approximate surface area is 128 Å². The second kappa shape index (κ2) is 8.23. The number of amides is 3. The molecule has 0 saturated heterocycles. The molecule has 0 saturated carbocycles. The summed E-state index contributed by atoms with van der Waals surface area (Å²) in [6.07, 6.45) is 0. The van der Waals surface area contributed by atoms with E-state index < -0.39 is 49.2 Å². The highest BCUT2D eigenvalue weighted by Gasteiger charge is 2.28. The van der Waals surface area contributed by atoms with Crippen molar-refractivity contribution in [2.24, 2.45) is 5.73 Å². The molecule has 128 valence electrons. The lowest BCUT2D eigenvalue weighted by Gasteiger charge is -2.21. The van der Waals surface area contributed by atoms with Gasteiger partial charge in [0, 0.05) is 0 Å². The molecule has 0 unspecified atom stereocenters. The first-order chi connectivity index (χ1) is 9.86. The van der Waals surface area contributed by atoms with Crippen molar-refractivity contribution in [1.29, 1.82) is 0 Å². The number of rotatable bonds is 7. The minimum Gasteiger partial charge on any atom is -0.343 e. The molecule has 0 aliphatic carbocycles. The Morgan fingerprint density at radius 2 is 1.23 bits per heavy atom. The van der Waals surface area contributed by atoms with E-state index >= 15 is 0 Å². The van der Waals surface area contributed by atoms with Crippen molar-refractivity contribution in [3.8, 4) is 0 Å². The molecule has 0 rings (SSSR count). The van der Waals surface area contributed by atoms with Crippen LogP contribution in [-0.2, 0) is 18.9 Å². The highest BCUT2D eigenvalue weighted by atomic mass is 31.2. The molecule has 0 bridgehead atoms. The Hall–Kier alpha value is -1.48. The van der Waals surface area contributed by atoms with Gasteiger partial charge in [-0.05, 0) is 27.7 Å². The minimum absolute atomic E-state index is 0.519. The maximum atomic E-state index is 11.8. The fourth-order valence-corrected chi connectivity index (χ4v) is 1.52. The molecule has 0 aromatic heterocycles. The Morgan fingerprint density at radius 1 is 0.864 bits per heavy atom. The molecule has 0 aliphatic heterocycles. The van der Waals surface area contributed by atoms with E-state index in [-0.39, 0.29) is 0 Å². The standard InChI is InChI=1S/C11H23N4O6P/c1-5(12)9(16)13-6(2)10(17)14-7(3)11(18)15-8(4)22(19,20)21/h5-8H,12H2,1-4H3,(H,13,16)(H,14,17)(H,15,18)(H2,19,20,21)/t5-,6-,7-,8+/m0/s1. The SMILES string of the molecule is C[C@H](N)C(=O)N[C@@H](C)C(=O)N[C@@H](C)C(=O)N[C@@H](C)P(=O)(O)O. The summed E-state index contributed by atoms with van der Waals surface area (Å²) in [6, 6.07) is -2.72. The van der Waals surface area contributed by atoms with E-state index in [4.69, 9.17) is 15.5 Å². The van der Waals surface area contributed by atoms with Gasteiger partial charge in [0.05, 0.1) is 6.04 Å². The predicted octanol–water partition coefficient (Wildman–Crippen LogP) is -2.02. The average Bonchev–Trinajstić information content (AvgIpc) is 2.36. The normalized spacial score (nSPS) is 16.9. The highest BCUT2D eigenvalue weighted by molar-refractivity contribution is 7.52. The van der Waals surface area contributed by atoms with Crippen LogP contribution in [0.2, 0.25) is 0 Å².